The molecule has 1 aromatic rings. The summed E-state index contributed by atoms with van der Waals surface area (Å²) in [6.45, 7) is 1.02. The van der Waals surface area contributed by atoms with Crippen LogP contribution in [0.4, 0.5) is 0 Å². The van der Waals surface area contributed by atoms with E-state index in [1.807, 2.05) is 6.07 Å². The Morgan fingerprint density at radius 3 is 2.94 bits per heavy atom. The molecule has 0 spiro atoms. The van der Waals surface area contributed by atoms with E-state index in [-0.39, 0.29) is 6.04 Å². The molecule has 0 bridgehead atoms. The van der Waals surface area contributed by atoms with Crippen LogP contribution in [-0.2, 0) is 16.6 Å². The van der Waals surface area contributed by atoms with E-state index in [0.29, 0.717) is 0 Å². The predicted molar refractivity (Wildman–Crippen MR) is 72.7 cm³/mol. The average Bonchev–Trinajstić information content (AvgIpc) is 2.47. The van der Waals surface area contributed by atoms with E-state index >= 15 is 0 Å². The summed E-state index contributed by atoms with van der Waals surface area (Å²) in [4.78, 5) is 11.9. The standard InChI is InChI=1S/C16H19NO/c18-12-16(15-9-3-4-11-17-15)10-5-7-13-6-1-2-8-14(13)16/h1-2,5-6,8,10,12,15,17H,3-4,7,9,11H2. The monoisotopic (exact) mass is 241 g/mol. The molecule has 18 heavy (non-hydrogen) atoms. The topological polar surface area (TPSA) is 29.1 Å². The van der Waals surface area contributed by atoms with Crippen molar-refractivity contribution in [2.24, 2.45) is 0 Å². The van der Waals surface area contributed by atoms with Gasteiger partial charge in [-0.25, -0.2) is 0 Å². The van der Waals surface area contributed by atoms with E-state index in [9.17, 15) is 4.79 Å². The first-order valence-corrected chi connectivity index (χ1v) is 6.82. The van der Waals surface area contributed by atoms with Crippen molar-refractivity contribution in [3.8, 4) is 0 Å². The fraction of sp³-hybridized carbons (Fsp3) is 0.438. The van der Waals surface area contributed by atoms with E-state index in [4.69, 9.17) is 0 Å². The Labute approximate surface area is 108 Å². The van der Waals surface area contributed by atoms with E-state index < -0.39 is 5.41 Å². The van der Waals surface area contributed by atoms with Crippen LogP contribution < -0.4 is 5.32 Å². The maximum atomic E-state index is 11.9. The minimum Gasteiger partial charge on any atom is -0.312 e. The van der Waals surface area contributed by atoms with Crippen molar-refractivity contribution in [2.45, 2.75) is 37.1 Å². The van der Waals surface area contributed by atoms with Crippen molar-refractivity contribution in [2.75, 3.05) is 6.54 Å². The average molecular weight is 241 g/mol. The van der Waals surface area contributed by atoms with Crippen molar-refractivity contribution in [1.29, 1.82) is 0 Å². The Balaban J connectivity index is 2.07. The van der Waals surface area contributed by atoms with E-state index in [0.717, 1.165) is 25.7 Å². The van der Waals surface area contributed by atoms with Crippen LogP contribution in [0.3, 0.4) is 0 Å². The molecule has 0 saturated carbocycles. The lowest BCUT2D eigenvalue weighted by atomic mass is 9.68. The van der Waals surface area contributed by atoms with Crippen LogP contribution in [0.15, 0.2) is 36.4 Å². The van der Waals surface area contributed by atoms with Crippen LogP contribution in [0.5, 0.6) is 0 Å². The second kappa shape index (κ2) is 4.69. The van der Waals surface area contributed by atoms with Gasteiger partial charge in [0.15, 0.2) is 0 Å². The van der Waals surface area contributed by atoms with Crippen molar-refractivity contribution < 1.29 is 4.79 Å². The largest absolute Gasteiger partial charge is 0.312 e. The lowest BCUT2D eigenvalue weighted by Gasteiger charge is -2.40. The summed E-state index contributed by atoms with van der Waals surface area (Å²) in [7, 11) is 0. The molecule has 1 aromatic carbocycles. The van der Waals surface area contributed by atoms with Gasteiger partial charge in [0, 0.05) is 6.04 Å². The van der Waals surface area contributed by atoms with Crippen molar-refractivity contribution in [1.82, 2.24) is 5.32 Å². The molecule has 94 valence electrons. The Morgan fingerprint density at radius 2 is 2.17 bits per heavy atom. The van der Waals surface area contributed by atoms with E-state index in [1.54, 1.807) is 0 Å². The molecule has 1 heterocycles. The molecule has 1 saturated heterocycles. The quantitative estimate of drug-likeness (QED) is 0.636. The van der Waals surface area contributed by atoms with Gasteiger partial charge in [-0.3, -0.25) is 0 Å². The molecule has 0 amide bonds. The fourth-order valence-electron chi connectivity index (χ4n) is 3.34. The second-order valence-corrected chi connectivity index (χ2v) is 5.32. The molecule has 3 rings (SSSR count). The molecule has 2 atom stereocenters. The molecule has 2 nitrogen and oxygen atoms in total. The maximum absolute atomic E-state index is 11.9. The highest BCUT2D eigenvalue weighted by Gasteiger charge is 2.41. The number of carbonyl (C=O) groups is 1. The van der Waals surface area contributed by atoms with Crippen molar-refractivity contribution in [3.63, 3.8) is 0 Å². The molecule has 0 aromatic heterocycles. The van der Waals surface area contributed by atoms with Gasteiger partial charge in [-0.15, -0.1) is 0 Å². The first kappa shape index (κ1) is 11.7. The number of nitrogens with one attached hydrogen (secondary N) is 1. The maximum Gasteiger partial charge on any atom is 0.135 e. The smallest absolute Gasteiger partial charge is 0.135 e. The molecule has 0 radical (unpaired) electrons. The Bertz CT molecular complexity index is 474. The Morgan fingerprint density at radius 1 is 1.28 bits per heavy atom. The van der Waals surface area contributed by atoms with Gasteiger partial charge in [-0.2, -0.15) is 0 Å². The summed E-state index contributed by atoms with van der Waals surface area (Å²) in [6, 6.07) is 8.60. The summed E-state index contributed by atoms with van der Waals surface area (Å²) in [5.74, 6) is 0. The summed E-state index contributed by atoms with van der Waals surface area (Å²) in [5, 5.41) is 3.54. The molecule has 1 fully saturated rings. The highest BCUT2D eigenvalue weighted by Crippen LogP contribution is 2.37. The first-order chi connectivity index (χ1) is 8.87. The highest BCUT2D eigenvalue weighted by molar-refractivity contribution is 5.76. The van der Waals surface area contributed by atoms with Gasteiger partial charge in [0.05, 0.1) is 5.41 Å². The van der Waals surface area contributed by atoms with Gasteiger partial charge in [-0.05, 0) is 36.9 Å². The van der Waals surface area contributed by atoms with Gasteiger partial charge in [0.25, 0.3) is 0 Å². The number of fused-ring (bicyclic) bond motifs is 1. The zero-order chi connectivity index (χ0) is 12.4. The zero-order valence-corrected chi connectivity index (χ0v) is 10.6. The lowest BCUT2D eigenvalue weighted by molar-refractivity contribution is -0.112. The number of hydrogen-bond donors (Lipinski definition) is 1. The van der Waals surface area contributed by atoms with Crippen LogP contribution in [0.1, 0.15) is 30.4 Å². The molecular formula is C16H19NO. The number of allylic oxidation sites excluding steroid dienone is 1. The number of hydrogen-bond acceptors (Lipinski definition) is 2. The highest BCUT2D eigenvalue weighted by atomic mass is 16.1. The third-order valence-electron chi connectivity index (χ3n) is 4.30. The van der Waals surface area contributed by atoms with Crippen LogP contribution in [0.25, 0.3) is 0 Å². The number of benzene rings is 1. The molecule has 2 unspecified atom stereocenters. The number of piperidine rings is 1. The minimum absolute atomic E-state index is 0.251. The fourth-order valence-corrected chi connectivity index (χ4v) is 3.34. The van der Waals surface area contributed by atoms with Crippen molar-refractivity contribution in [3.05, 3.63) is 47.5 Å². The molecule has 1 N–H and O–H groups in total. The molecule has 1 aliphatic carbocycles. The van der Waals surface area contributed by atoms with Gasteiger partial charge in [0.2, 0.25) is 0 Å². The second-order valence-electron chi connectivity index (χ2n) is 5.32. The predicted octanol–water partition coefficient (Wildman–Crippen LogP) is 2.38. The van der Waals surface area contributed by atoms with Crippen LogP contribution in [0.2, 0.25) is 0 Å². The molecule has 2 aliphatic rings. The lowest BCUT2D eigenvalue weighted by Crippen LogP contribution is -2.51. The molecule has 2 heteroatoms. The van der Waals surface area contributed by atoms with Crippen LogP contribution >= 0.6 is 0 Å². The van der Waals surface area contributed by atoms with Crippen LogP contribution in [0, 0.1) is 0 Å². The number of rotatable bonds is 2. The third kappa shape index (κ3) is 1.72. The third-order valence-corrected chi connectivity index (χ3v) is 4.30. The number of aldehydes is 1. The van der Waals surface area contributed by atoms with E-state index in [1.165, 1.54) is 24.0 Å². The SMILES string of the molecule is O=CC1(C2CCCCN2)C=CCc2ccccc21. The van der Waals surface area contributed by atoms with Gasteiger partial charge in [0.1, 0.15) is 6.29 Å². The van der Waals surface area contributed by atoms with Gasteiger partial charge in [-0.1, -0.05) is 42.8 Å². The summed E-state index contributed by atoms with van der Waals surface area (Å²) in [6.07, 6.45) is 9.86. The Kier molecular flexibility index (Phi) is 3.04. The van der Waals surface area contributed by atoms with Gasteiger partial charge >= 0.3 is 0 Å². The molecular weight excluding hydrogens is 222 g/mol. The Hall–Kier alpha value is -1.41. The zero-order valence-electron chi connectivity index (χ0n) is 10.6. The summed E-state index contributed by atoms with van der Waals surface area (Å²) < 4.78 is 0. The van der Waals surface area contributed by atoms with Crippen molar-refractivity contribution >= 4 is 6.29 Å². The van der Waals surface area contributed by atoms with Gasteiger partial charge < -0.3 is 10.1 Å². The minimum atomic E-state index is -0.449. The normalized spacial score (nSPS) is 30.8. The summed E-state index contributed by atoms with van der Waals surface area (Å²) >= 11 is 0. The number of carbonyl (C=O) groups excluding carboxylic acids is 1. The summed E-state index contributed by atoms with van der Waals surface area (Å²) in [5.41, 5.74) is 2.04. The molecule has 1 aliphatic heterocycles. The van der Waals surface area contributed by atoms with Crippen LogP contribution in [-0.4, -0.2) is 18.9 Å². The first-order valence-electron chi connectivity index (χ1n) is 6.82. The van der Waals surface area contributed by atoms with E-state index in [2.05, 4.69) is 35.7 Å².